The van der Waals surface area contributed by atoms with Crippen molar-refractivity contribution < 1.29 is 19.1 Å². The first-order valence-electron chi connectivity index (χ1n) is 9.60. The number of rotatable bonds is 1. The number of methoxy groups -OCH3 is 1. The zero-order chi connectivity index (χ0) is 19.7. The highest BCUT2D eigenvalue weighted by Gasteiger charge is 2.38. The summed E-state index contributed by atoms with van der Waals surface area (Å²) < 4.78 is 4.59. The number of hydrogen-bond donors (Lipinski definition) is 0. The first-order chi connectivity index (χ1) is 11.5. The normalized spacial score (nSPS) is 24.2. The van der Waals surface area contributed by atoms with Gasteiger partial charge in [0.2, 0.25) is 0 Å². The number of ketones is 2. The van der Waals surface area contributed by atoms with E-state index in [0.29, 0.717) is 24.0 Å². The van der Waals surface area contributed by atoms with Gasteiger partial charge in [-0.1, -0.05) is 48.0 Å². The lowest BCUT2D eigenvalue weighted by Gasteiger charge is -2.32. The van der Waals surface area contributed by atoms with Gasteiger partial charge in [0.05, 0.1) is 7.11 Å². The summed E-state index contributed by atoms with van der Waals surface area (Å²) in [6, 6.07) is 0. The Labute approximate surface area is 154 Å². The van der Waals surface area contributed by atoms with Gasteiger partial charge < -0.3 is 4.74 Å². The SMILES string of the molecule is CC1(C)CCC(=O)CC1.CCC.COC(=O)C1CC(C)(C)CCC1=O. The van der Waals surface area contributed by atoms with Crippen LogP contribution in [0.4, 0.5) is 0 Å². The summed E-state index contributed by atoms with van der Waals surface area (Å²) in [5.74, 6) is -0.410. The van der Waals surface area contributed by atoms with Gasteiger partial charge in [-0.2, -0.15) is 0 Å². The summed E-state index contributed by atoms with van der Waals surface area (Å²) >= 11 is 0. The molecule has 0 amide bonds. The lowest BCUT2D eigenvalue weighted by Crippen LogP contribution is -2.35. The molecule has 2 fully saturated rings. The monoisotopic (exact) mass is 354 g/mol. The Kier molecular flexibility index (Phi) is 10.2. The van der Waals surface area contributed by atoms with E-state index in [1.807, 2.05) is 0 Å². The average molecular weight is 355 g/mol. The molecule has 0 heterocycles. The van der Waals surface area contributed by atoms with Crippen LogP contribution in [0.15, 0.2) is 0 Å². The van der Waals surface area contributed by atoms with Gasteiger partial charge in [0.25, 0.3) is 0 Å². The molecule has 4 heteroatoms. The minimum atomic E-state index is -0.520. The van der Waals surface area contributed by atoms with E-state index in [2.05, 4.69) is 46.3 Å². The zero-order valence-electron chi connectivity index (χ0n) is 17.4. The van der Waals surface area contributed by atoms with Crippen molar-refractivity contribution in [2.24, 2.45) is 16.7 Å². The predicted octanol–water partition coefficient (Wildman–Crippen LogP) is 5.13. The summed E-state index contributed by atoms with van der Waals surface area (Å²) in [7, 11) is 1.33. The fourth-order valence-electron chi connectivity index (χ4n) is 2.97. The van der Waals surface area contributed by atoms with Crippen LogP contribution >= 0.6 is 0 Å². The van der Waals surface area contributed by atoms with Gasteiger partial charge in [0.1, 0.15) is 17.5 Å². The quantitative estimate of drug-likeness (QED) is 0.484. The van der Waals surface area contributed by atoms with Crippen molar-refractivity contribution in [3.05, 3.63) is 0 Å². The molecule has 25 heavy (non-hydrogen) atoms. The van der Waals surface area contributed by atoms with Crippen molar-refractivity contribution in [1.29, 1.82) is 0 Å². The van der Waals surface area contributed by atoms with E-state index in [1.54, 1.807) is 0 Å². The van der Waals surface area contributed by atoms with Crippen LogP contribution < -0.4 is 0 Å². The molecule has 0 bridgehead atoms. The third-order valence-electron chi connectivity index (χ3n) is 4.84. The fourth-order valence-corrected chi connectivity index (χ4v) is 2.97. The predicted molar refractivity (Wildman–Crippen MR) is 101 cm³/mol. The Hall–Kier alpha value is -1.19. The van der Waals surface area contributed by atoms with Crippen LogP contribution in [0, 0.1) is 16.7 Å². The molecule has 2 saturated carbocycles. The Morgan fingerprint density at radius 2 is 1.40 bits per heavy atom. The van der Waals surface area contributed by atoms with E-state index in [4.69, 9.17) is 0 Å². The molecule has 1 atom stereocenters. The van der Waals surface area contributed by atoms with E-state index in [9.17, 15) is 14.4 Å². The summed E-state index contributed by atoms with van der Waals surface area (Å²) in [5.41, 5.74) is 0.528. The van der Waals surface area contributed by atoms with Gasteiger partial charge >= 0.3 is 5.97 Å². The number of esters is 1. The van der Waals surface area contributed by atoms with Crippen LogP contribution in [0.25, 0.3) is 0 Å². The van der Waals surface area contributed by atoms with Crippen LogP contribution in [-0.2, 0) is 19.1 Å². The maximum atomic E-state index is 11.4. The van der Waals surface area contributed by atoms with Crippen molar-refractivity contribution in [3.8, 4) is 0 Å². The van der Waals surface area contributed by atoms with Crippen LogP contribution in [-0.4, -0.2) is 24.6 Å². The highest BCUT2D eigenvalue weighted by atomic mass is 16.5. The van der Waals surface area contributed by atoms with Crippen LogP contribution in [0.2, 0.25) is 0 Å². The Morgan fingerprint density at radius 1 is 0.960 bits per heavy atom. The van der Waals surface area contributed by atoms with Crippen LogP contribution in [0.5, 0.6) is 0 Å². The van der Waals surface area contributed by atoms with E-state index in [-0.39, 0.29) is 17.2 Å². The molecule has 1 unspecified atom stereocenters. The molecule has 0 aromatic carbocycles. The van der Waals surface area contributed by atoms with E-state index < -0.39 is 5.92 Å². The number of carbonyl (C=O) groups is 3. The second-order valence-corrected chi connectivity index (χ2v) is 8.82. The smallest absolute Gasteiger partial charge is 0.316 e. The number of Topliss-reactive ketones (excluding diaryl/α,β-unsaturated/α-hetero) is 2. The number of ether oxygens (including phenoxy) is 1. The first-order valence-corrected chi connectivity index (χ1v) is 9.60. The van der Waals surface area contributed by atoms with Gasteiger partial charge in [-0.3, -0.25) is 14.4 Å². The van der Waals surface area contributed by atoms with Crippen LogP contribution in [0.1, 0.15) is 92.9 Å². The third-order valence-corrected chi connectivity index (χ3v) is 4.84. The Balaban J connectivity index is 0.000000417. The average Bonchev–Trinajstić information content (AvgIpc) is 2.53. The third kappa shape index (κ3) is 9.76. The summed E-state index contributed by atoms with van der Waals surface area (Å²) in [6.07, 6.45) is 7.06. The van der Waals surface area contributed by atoms with Crippen LogP contribution in [0.3, 0.4) is 0 Å². The molecule has 0 aromatic heterocycles. The molecular formula is C21H38O4. The molecule has 0 aliphatic heterocycles. The van der Waals surface area contributed by atoms with Crippen molar-refractivity contribution in [2.75, 3.05) is 7.11 Å². The molecule has 0 radical (unpaired) electrons. The number of carbonyl (C=O) groups excluding carboxylic acids is 3. The number of hydrogen-bond acceptors (Lipinski definition) is 4. The molecular weight excluding hydrogens is 316 g/mol. The Morgan fingerprint density at radius 3 is 1.80 bits per heavy atom. The second kappa shape index (κ2) is 10.7. The fraction of sp³-hybridized carbons (Fsp3) is 0.857. The first kappa shape index (κ1) is 23.8. The van der Waals surface area contributed by atoms with E-state index >= 15 is 0 Å². The van der Waals surface area contributed by atoms with Gasteiger partial charge in [-0.05, 0) is 36.5 Å². The summed E-state index contributed by atoms with van der Waals surface area (Å²) in [6.45, 7) is 12.9. The molecule has 2 rings (SSSR count). The van der Waals surface area contributed by atoms with Crippen molar-refractivity contribution in [1.82, 2.24) is 0 Å². The molecule has 0 spiro atoms. The lowest BCUT2D eigenvalue weighted by molar-refractivity contribution is -0.152. The molecule has 0 N–H and O–H groups in total. The largest absolute Gasteiger partial charge is 0.468 e. The highest BCUT2D eigenvalue weighted by Crippen LogP contribution is 2.37. The minimum absolute atomic E-state index is 0.0335. The summed E-state index contributed by atoms with van der Waals surface area (Å²) in [4.78, 5) is 33.4. The highest BCUT2D eigenvalue weighted by molar-refractivity contribution is 5.99. The maximum Gasteiger partial charge on any atom is 0.316 e. The molecule has 2 aliphatic rings. The van der Waals surface area contributed by atoms with Crippen molar-refractivity contribution >= 4 is 17.5 Å². The zero-order valence-corrected chi connectivity index (χ0v) is 17.4. The van der Waals surface area contributed by atoms with Gasteiger partial charge in [0.15, 0.2) is 0 Å². The molecule has 146 valence electrons. The van der Waals surface area contributed by atoms with E-state index in [0.717, 1.165) is 32.1 Å². The summed E-state index contributed by atoms with van der Waals surface area (Å²) in [5, 5.41) is 0. The molecule has 4 nitrogen and oxygen atoms in total. The minimum Gasteiger partial charge on any atom is -0.468 e. The van der Waals surface area contributed by atoms with Gasteiger partial charge in [-0.15, -0.1) is 0 Å². The molecule has 2 aliphatic carbocycles. The van der Waals surface area contributed by atoms with E-state index in [1.165, 1.54) is 13.5 Å². The Bertz CT molecular complexity index is 429. The van der Waals surface area contributed by atoms with Gasteiger partial charge in [0, 0.05) is 19.3 Å². The van der Waals surface area contributed by atoms with Gasteiger partial charge in [-0.25, -0.2) is 0 Å². The lowest BCUT2D eigenvalue weighted by atomic mass is 9.71. The second-order valence-electron chi connectivity index (χ2n) is 8.82. The topological polar surface area (TPSA) is 60.4 Å². The molecule has 0 saturated heterocycles. The van der Waals surface area contributed by atoms with Crippen molar-refractivity contribution in [2.45, 2.75) is 92.9 Å². The maximum absolute atomic E-state index is 11.4. The molecule has 0 aromatic rings. The standard InChI is InChI=1S/C10H16O3.C8H14O.C3H8/c1-10(2)5-4-8(11)7(6-10)9(12)13-3;1-8(2)5-3-7(9)4-6-8;1-3-2/h7H,4-6H2,1-3H3;3-6H2,1-2H3;3H2,1-2H3. The van der Waals surface area contributed by atoms with Crippen molar-refractivity contribution in [3.63, 3.8) is 0 Å².